The van der Waals surface area contributed by atoms with E-state index in [4.69, 9.17) is 15.2 Å². The van der Waals surface area contributed by atoms with E-state index in [1.54, 1.807) is 0 Å². The summed E-state index contributed by atoms with van der Waals surface area (Å²) in [6.45, 7) is 4.45. The summed E-state index contributed by atoms with van der Waals surface area (Å²) in [6.07, 6.45) is 0.961. The van der Waals surface area contributed by atoms with Crippen molar-refractivity contribution in [3.8, 4) is 11.5 Å². The van der Waals surface area contributed by atoms with Crippen LogP contribution in [0.2, 0.25) is 0 Å². The molecule has 0 radical (unpaired) electrons. The van der Waals surface area contributed by atoms with E-state index in [-0.39, 0.29) is 0 Å². The molecule has 192 valence electrons. The standard InChI is InChI=1S/C31H32Br2N2O2/c32-28-10-2-26(3-11-28)22-36-30-14-6-24(7-15-30)20-35(19-1-18-34)21-25-8-16-31(17-9-25)37-23-27-4-12-29(33)13-5-27/h2-17H,1,18-23,34H2. The second kappa shape index (κ2) is 14.3. The van der Waals surface area contributed by atoms with Gasteiger partial charge in [0.25, 0.3) is 0 Å². The van der Waals surface area contributed by atoms with Gasteiger partial charge in [0, 0.05) is 28.6 Å². The Labute approximate surface area is 236 Å². The number of ether oxygens (including phenoxy) is 2. The molecule has 4 aromatic carbocycles. The normalized spacial score (nSPS) is 11.0. The third-order valence-corrected chi connectivity index (χ3v) is 7.03. The summed E-state index contributed by atoms with van der Waals surface area (Å²) in [5.41, 5.74) is 10.6. The number of nitrogens with zero attached hydrogens (tertiary/aromatic N) is 1. The molecule has 0 bridgehead atoms. The molecule has 0 saturated carbocycles. The Kier molecular flexibility index (Phi) is 10.6. The fourth-order valence-corrected chi connectivity index (χ4v) is 4.45. The van der Waals surface area contributed by atoms with E-state index in [9.17, 15) is 0 Å². The van der Waals surface area contributed by atoms with Gasteiger partial charge in [0.05, 0.1) is 0 Å². The molecule has 0 heterocycles. The highest BCUT2D eigenvalue weighted by Crippen LogP contribution is 2.20. The predicted octanol–water partition coefficient (Wildman–Crippen LogP) is 7.72. The minimum atomic E-state index is 0.554. The molecule has 0 atom stereocenters. The SMILES string of the molecule is NCCCN(Cc1ccc(OCc2ccc(Br)cc2)cc1)Cc1ccc(OCc2ccc(Br)cc2)cc1. The molecule has 0 unspecified atom stereocenters. The second-order valence-corrected chi connectivity index (χ2v) is 10.8. The zero-order chi connectivity index (χ0) is 25.9. The van der Waals surface area contributed by atoms with Crippen LogP contribution in [0.15, 0.2) is 106 Å². The highest BCUT2D eigenvalue weighted by atomic mass is 79.9. The number of hydrogen-bond acceptors (Lipinski definition) is 4. The van der Waals surface area contributed by atoms with Crippen LogP contribution in [0.3, 0.4) is 0 Å². The molecule has 0 amide bonds. The molecule has 0 fully saturated rings. The summed E-state index contributed by atoms with van der Waals surface area (Å²) in [6, 6.07) is 33.1. The lowest BCUT2D eigenvalue weighted by Gasteiger charge is -2.22. The zero-order valence-electron chi connectivity index (χ0n) is 20.8. The summed E-state index contributed by atoms with van der Waals surface area (Å²) >= 11 is 6.93. The molecule has 0 saturated heterocycles. The summed E-state index contributed by atoms with van der Waals surface area (Å²) < 4.78 is 14.1. The van der Waals surface area contributed by atoms with Crippen LogP contribution in [0.1, 0.15) is 28.7 Å². The number of halogens is 2. The van der Waals surface area contributed by atoms with E-state index in [0.29, 0.717) is 19.8 Å². The predicted molar refractivity (Wildman–Crippen MR) is 158 cm³/mol. The molecule has 4 nitrogen and oxygen atoms in total. The fourth-order valence-electron chi connectivity index (χ4n) is 3.92. The average molecular weight is 624 g/mol. The highest BCUT2D eigenvalue weighted by Gasteiger charge is 2.08. The molecule has 6 heteroatoms. The quantitative estimate of drug-likeness (QED) is 0.166. The lowest BCUT2D eigenvalue weighted by molar-refractivity contribution is 0.254. The van der Waals surface area contributed by atoms with E-state index in [2.05, 4.69) is 85.3 Å². The number of rotatable bonds is 13. The molecule has 4 aromatic rings. The first-order valence-electron chi connectivity index (χ1n) is 12.4. The van der Waals surface area contributed by atoms with E-state index < -0.39 is 0 Å². The van der Waals surface area contributed by atoms with Crippen molar-refractivity contribution in [2.75, 3.05) is 13.1 Å². The first kappa shape index (κ1) is 27.4. The summed E-state index contributed by atoms with van der Waals surface area (Å²) in [7, 11) is 0. The Morgan fingerprint density at radius 1 is 0.541 bits per heavy atom. The number of hydrogen-bond donors (Lipinski definition) is 1. The van der Waals surface area contributed by atoms with E-state index in [0.717, 1.165) is 57.6 Å². The third-order valence-electron chi connectivity index (χ3n) is 5.98. The molecule has 0 spiro atoms. The maximum Gasteiger partial charge on any atom is 0.119 e. The lowest BCUT2D eigenvalue weighted by atomic mass is 10.1. The van der Waals surface area contributed by atoms with Crippen LogP contribution in [0.25, 0.3) is 0 Å². The van der Waals surface area contributed by atoms with Gasteiger partial charge in [-0.3, -0.25) is 4.90 Å². The van der Waals surface area contributed by atoms with Crippen LogP contribution in [0.4, 0.5) is 0 Å². The summed E-state index contributed by atoms with van der Waals surface area (Å²) in [4.78, 5) is 2.43. The third kappa shape index (κ3) is 9.31. The van der Waals surface area contributed by atoms with Crippen LogP contribution in [0, 0.1) is 0 Å². The van der Waals surface area contributed by atoms with Crippen molar-refractivity contribution in [3.05, 3.63) is 128 Å². The van der Waals surface area contributed by atoms with Crippen molar-refractivity contribution in [2.45, 2.75) is 32.7 Å². The van der Waals surface area contributed by atoms with Gasteiger partial charge in [-0.1, -0.05) is 80.4 Å². The van der Waals surface area contributed by atoms with Gasteiger partial charge < -0.3 is 15.2 Å². The fraction of sp³-hybridized carbons (Fsp3) is 0.226. The molecule has 0 aromatic heterocycles. The maximum atomic E-state index is 5.96. The van der Waals surface area contributed by atoms with Gasteiger partial charge in [0.15, 0.2) is 0 Å². The summed E-state index contributed by atoms with van der Waals surface area (Å²) in [5, 5.41) is 0. The van der Waals surface area contributed by atoms with E-state index in [1.165, 1.54) is 11.1 Å². The molecule has 2 N–H and O–H groups in total. The number of nitrogens with two attached hydrogens (primary N) is 1. The minimum absolute atomic E-state index is 0.554. The highest BCUT2D eigenvalue weighted by molar-refractivity contribution is 9.10. The molecule has 0 aliphatic rings. The largest absolute Gasteiger partial charge is 0.489 e. The van der Waals surface area contributed by atoms with E-state index >= 15 is 0 Å². The maximum absolute atomic E-state index is 5.96. The lowest BCUT2D eigenvalue weighted by Crippen LogP contribution is -2.25. The van der Waals surface area contributed by atoms with Gasteiger partial charge in [0.2, 0.25) is 0 Å². The van der Waals surface area contributed by atoms with Crippen molar-refractivity contribution in [1.82, 2.24) is 4.90 Å². The second-order valence-electron chi connectivity index (χ2n) is 8.97. The Bertz CT molecular complexity index is 1120. The van der Waals surface area contributed by atoms with Crippen LogP contribution < -0.4 is 15.2 Å². The van der Waals surface area contributed by atoms with Gasteiger partial charge in [-0.15, -0.1) is 0 Å². The number of benzene rings is 4. The topological polar surface area (TPSA) is 47.7 Å². The van der Waals surface area contributed by atoms with Crippen LogP contribution in [-0.2, 0) is 26.3 Å². The zero-order valence-corrected chi connectivity index (χ0v) is 24.0. The monoisotopic (exact) mass is 622 g/mol. The van der Waals surface area contributed by atoms with Crippen LogP contribution in [-0.4, -0.2) is 18.0 Å². The Morgan fingerprint density at radius 3 is 1.30 bits per heavy atom. The average Bonchev–Trinajstić information content (AvgIpc) is 2.92. The van der Waals surface area contributed by atoms with Crippen molar-refractivity contribution in [1.29, 1.82) is 0 Å². The molecular weight excluding hydrogens is 592 g/mol. The Morgan fingerprint density at radius 2 is 0.919 bits per heavy atom. The van der Waals surface area contributed by atoms with Crippen molar-refractivity contribution in [3.63, 3.8) is 0 Å². The molecular formula is C31H32Br2N2O2. The van der Waals surface area contributed by atoms with Gasteiger partial charge in [0.1, 0.15) is 24.7 Å². The van der Waals surface area contributed by atoms with Gasteiger partial charge in [-0.25, -0.2) is 0 Å². The first-order chi connectivity index (χ1) is 18.1. The van der Waals surface area contributed by atoms with Gasteiger partial charge in [-0.2, -0.15) is 0 Å². The molecule has 0 aliphatic carbocycles. The smallest absolute Gasteiger partial charge is 0.119 e. The summed E-state index contributed by atoms with van der Waals surface area (Å²) in [5.74, 6) is 1.75. The minimum Gasteiger partial charge on any atom is -0.489 e. The molecule has 0 aliphatic heterocycles. The van der Waals surface area contributed by atoms with Crippen LogP contribution in [0.5, 0.6) is 11.5 Å². The Balaban J connectivity index is 1.29. The molecule has 4 rings (SSSR count). The first-order valence-corrected chi connectivity index (χ1v) is 14.0. The van der Waals surface area contributed by atoms with E-state index in [1.807, 2.05) is 48.5 Å². The van der Waals surface area contributed by atoms with Gasteiger partial charge >= 0.3 is 0 Å². The van der Waals surface area contributed by atoms with Gasteiger partial charge in [-0.05, 0) is 83.8 Å². The Hall–Kier alpha value is -2.64. The van der Waals surface area contributed by atoms with Crippen LogP contribution >= 0.6 is 31.9 Å². The van der Waals surface area contributed by atoms with Crippen molar-refractivity contribution in [2.24, 2.45) is 5.73 Å². The molecule has 37 heavy (non-hydrogen) atoms. The van der Waals surface area contributed by atoms with Crippen molar-refractivity contribution >= 4 is 31.9 Å². The van der Waals surface area contributed by atoms with Crippen molar-refractivity contribution < 1.29 is 9.47 Å².